The quantitative estimate of drug-likeness (QED) is 0.720. The standard InChI is InChI=1S/C20H19NO/c22-19-14-17(12-11-15-6-2-1-3-7-15)18-10-4-8-16-9-5-13-21(19)20(16)18/h1-4,6-8,10,14H,5,9,11-13H2. The molecule has 0 saturated heterocycles. The van der Waals surface area contributed by atoms with Gasteiger partial charge in [-0.2, -0.15) is 0 Å². The zero-order chi connectivity index (χ0) is 14.9. The van der Waals surface area contributed by atoms with E-state index in [2.05, 4.69) is 42.5 Å². The Morgan fingerprint density at radius 2 is 1.82 bits per heavy atom. The second-order valence-electron chi connectivity index (χ2n) is 6.06. The first-order valence-electron chi connectivity index (χ1n) is 8.01. The lowest BCUT2D eigenvalue weighted by Gasteiger charge is -2.20. The minimum Gasteiger partial charge on any atom is -0.308 e. The Kier molecular flexibility index (Phi) is 3.30. The molecule has 0 atom stereocenters. The van der Waals surface area contributed by atoms with Crippen LogP contribution in [0.15, 0.2) is 59.4 Å². The fraction of sp³-hybridized carbons (Fsp3) is 0.250. The van der Waals surface area contributed by atoms with E-state index in [1.807, 2.05) is 16.7 Å². The van der Waals surface area contributed by atoms with Crippen LogP contribution < -0.4 is 5.56 Å². The fourth-order valence-corrected chi connectivity index (χ4v) is 3.57. The lowest BCUT2D eigenvalue weighted by molar-refractivity contribution is 0.614. The van der Waals surface area contributed by atoms with Crippen LogP contribution in [0.25, 0.3) is 10.9 Å². The third-order valence-electron chi connectivity index (χ3n) is 4.65. The van der Waals surface area contributed by atoms with Gasteiger partial charge in [-0.05, 0) is 42.4 Å². The first-order valence-corrected chi connectivity index (χ1v) is 8.01. The maximum atomic E-state index is 12.4. The lowest BCUT2D eigenvalue weighted by atomic mass is 9.96. The number of hydrogen-bond donors (Lipinski definition) is 0. The van der Waals surface area contributed by atoms with Gasteiger partial charge in [-0.3, -0.25) is 4.79 Å². The van der Waals surface area contributed by atoms with Crippen molar-refractivity contribution in [1.29, 1.82) is 0 Å². The lowest BCUT2D eigenvalue weighted by Crippen LogP contribution is -2.24. The molecule has 0 spiro atoms. The highest BCUT2D eigenvalue weighted by Crippen LogP contribution is 2.26. The van der Waals surface area contributed by atoms with E-state index in [4.69, 9.17) is 0 Å². The molecule has 0 amide bonds. The van der Waals surface area contributed by atoms with Crippen LogP contribution in [-0.2, 0) is 25.8 Å². The molecular formula is C20H19NO. The molecule has 0 aliphatic carbocycles. The van der Waals surface area contributed by atoms with Gasteiger partial charge in [0.1, 0.15) is 0 Å². The van der Waals surface area contributed by atoms with Crippen LogP contribution in [0.4, 0.5) is 0 Å². The molecule has 2 heterocycles. The van der Waals surface area contributed by atoms with Gasteiger partial charge >= 0.3 is 0 Å². The van der Waals surface area contributed by atoms with Crippen molar-refractivity contribution in [3.05, 3.63) is 81.6 Å². The van der Waals surface area contributed by atoms with Crippen molar-refractivity contribution in [3.63, 3.8) is 0 Å². The maximum absolute atomic E-state index is 12.4. The molecule has 0 saturated carbocycles. The molecule has 2 heteroatoms. The third kappa shape index (κ3) is 2.25. The Bertz CT molecular complexity index is 877. The summed E-state index contributed by atoms with van der Waals surface area (Å²) in [6.45, 7) is 0.852. The minimum absolute atomic E-state index is 0.155. The van der Waals surface area contributed by atoms with Crippen molar-refractivity contribution in [2.24, 2.45) is 0 Å². The van der Waals surface area contributed by atoms with E-state index in [1.54, 1.807) is 0 Å². The number of rotatable bonds is 3. The molecule has 0 bridgehead atoms. The Labute approximate surface area is 130 Å². The van der Waals surface area contributed by atoms with Crippen LogP contribution in [0.5, 0.6) is 0 Å². The van der Waals surface area contributed by atoms with Gasteiger partial charge in [0.05, 0.1) is 5.52 Å². The predicted octanol–water partition coefficient (Wildman–Crippen LogP) is 3.73. The number of aryl methyl sites for hydroxylation is 4. The summed E-state index contributed by atoms with van der Waals surface area (Å²) in [6.07, 6.45) is 4.04. The molecule has 2 nitrogen and oxygen atoms in total. The van der Waals surface area contributed by atoms with Gasteiger partial charge in [0.25, 0.3) is 5.56 Å². The molecule has 1 aliphatic heterocycles. The average molecular weight is 289 g/mol. The van der Waals surface area contributed by atoms with Crippen LogP contribution in [0.3, 0.4) is 0 Å². The van der Waals surface area contributed by atoms with E-state index in [1.165, 1.54) is 27.6 Å². The van der Waals surface area contributed by atoms with Crippen LogP contribution in [0, 0.1) is 0 Å². The molecule has 4 rings (SSSR count). The Morgan fingerprint density at radius 1 is 0.955 bits per heavy atom. The number of para-hydroxylation sites is 1. The highest BCUT2D eigenvalue weighted by Gasteiger charge is 2.15. The maximum Gasteiger partial charge on any atom is 0.251 e. The molecule has 1 aliphatic rings. The Morgan fingerprint density at radius 3 is 2.68 bits per heavy atom. The molecular weight excluding hydrogens is 270 g/mol. The van der Waals surface area contributed by atoms with Gasteiger partial charge in [-0.15, -0.1) is 0 Å². The molecule has 2 aromatic carbocycles. The van der Waals surface area contributed by atoms with Crippen LogP contribution >= 0.6 is 0 Å². The van der Waals surface area contributed by atoms with E-state index in [0.717, 1.165) is 32.2 Å². The van der Waals surface area contributed by atoms with Crippen molar-refractivity contribution < 1.29 is 0 Å². The van der Waals surface area contributed by atoms with Gasteiger partial charge in [0.15, 0.2) is 0 Å². The molecule has 1 aromatic heterocycles. The normalized spacial score (nSPS) is 13.5. The largest absolute Gasteiger partial charge is 0.308 e. The highest BCUT2D eigenvalue weighted by molar-refractivity contribution is 5.86. The van der Waals surface area contributed by atoms with E-state index in [0.29, 0.717) is 0 Å². The summed E-state index contributed by atoms with van der Waals surface area (Å²) in [5, 5.41) is 1.26. The van der Waals surface area contributed by atoms with Crippen molar-refractivity contribution >= 4 is 10.9 Å². The summed E-state index contributed by atoms with van der Waals surface area (Å²) in [5.74, 6) is 0. The Balaban J connectivity index is 1.79. The number of nitrogens with zero attached hydrogens (tertiary/aromatic N) is 1. The van der Waals surface area contributed by atoms with Crippen LogP contribution in [0.1, 0.15) is 23.1 Å². The number of aromatic nitrogens is 1. The van der Waals surface area contributed by atoms with E-state index in [9.17, 15) is 4.79 Å². The summed E-state index contributed by atoms with van der Waals surface area (Å²) in [7, 11) is 0. The van der Waals surface area contributed by atoms with Gasteiger partial charge in [-0.1, -0.05) is 48.5 Å². The van der Waals surface area contributed by atoms with E-state index >= 15 is 0 Å². The minimum atomic E-state index is 0.155. The second-order valence-corrected chi connectivity index (χ2v) is 6.06. The smallest absolute Gasteiger partial charge is 0.251 e. The summed E-state index contributed by atoms with van der Waals surface area (Å²) >= 11 is 0. The monoisotopic (exact) mass is 289 g/mol. The summed E-state index contributed by atoms with van der Waals surface area (Å²) in [4.78, 5) is 12.4. The molecule has 0 radical (unpaired) electrons. The first-order chi connectivity index (χ1) is 10.8. The molecule has 0 fully saturated rings. The fourth-order valence-electron chi connectivity index (χ4n) is 3.57. The van der Waals surface area contributed by atoms with Crippen LogP contribution in [0.2, 0.25) is 0 Å². The van der Waals surface area contributed by atoms with Gasteiger partial charge in [0, 0.05) is 18.0 Å². The number of benzene rings is 2. The first kappa shape index (κ1) is 13.3. The van der Waals surface area contributed by atoms with Crippen molar-refractivity contribution in [2.75, 3.05) is 0 Å². The van der Waals surface area contributed by atoms with E-state index < -0.39 is 0 Å². The zero-order valence-corrected chi connectivity index (χ0v) is 12.6. The van der Waals surface area contributed by atoms with Gasteiger partial charge in [0.2, 0.25) is 0 Å². The Hall–Kier alpha value is -2.35. The predicted molar refractivity (Wildman–Crippen MR) is 90.4 cm³/mol. The third-order valence-corrected chi connectivity index (χ3v) is 4.65. The highest BCUT2D eigenvalue weighted by atomic mass is 16.1. The van der Waals surface area contributed by atoms with Crippen molar-refractivity contribution in [2.45, 2.75) is 32.2 Å². The zero-order valence-electron chi connectivity index (χ0n) is 12.6. The topological polar surface area (TPSA) is 22.0 Å². The average Bonchev–Trinajstić information content (AvgIpc) is 2.58. The van der Waals surface area contributed by atoms with Crippen molar-refractivity contribution in [1.82, 2.24) is 4.57 Å². The number of hydrogen-bond acceptors (Lipinski definition) is 1. The van der Waals surface area contributed by atoms with Gasteiger partial charge < -0.3 is 4.57 Å². The van der Waals surface area contributed by atoms with E-state index in [-0.39, 0.29) is 5.56 Å². The molecule has 22 heavy (non-hydrogen) atoms. The SMILES string of the molecule is O=c1cc(CCc2ccccc2)c2cccc3c2n1CCC3. The molecule has 0 unspecified atom stereocenters. The summed E-state index contributed by atoms with van der Waals surface area (Å²) < 4.78 is 1.96. The van der Waals surface area contributed by atoms with Crippen LogP contribution in [-0.4, -0.2) is 4.57 Å². The molecule has 110 valence electrons. The molecule has 0 N–H and O–H groups in total. The van der Waals surface area contributed by atoms with Gasteiger partial charge in [-0.25, -0.2) is 0 Å². The van der Waals surface area contributed by atoms with Crippen molar-refractivity contribution in [3.8, 4) is 0 Å². The summed E-state index contributed by atoms with van der Waals surface area (Å²) in [6, 6.07) is 18.8. The summed E-state index contributed by atoms with van der Waals surface area (Å²) in [5.41, 5.74) is 5.15. The number of pyridine rings is 1. The second kappa shape index (κ2) is 5.45. The molecule has 3 aromatic rings.